The van der Waals surface area contributed by atoms with Crippen LogP contribution >= 0.6 is 0 Å². The maximum Gasteiger partial charge on any atom is 0.236 e. The predicted octanol–water partition coefficient (Wildman–Crippen LogP) is 2.22. The van der Waals surface area contributed by atoms with Crippen LogP contribution in [0.4, 0.5) is 0 Å². The molecule has 18 heavy (non-hydrogen) atoms. The summed E-state index contributed by atoms with van der Waals surface area (Å²) in [6, 6.07) is 0. The van der Waals surface area contributed by atoms with Crippen LogP contribution in [0.25, 0.3) is 0 Å². The normalized spacial score (nSPS) is 21.6. The van der Waals surface area contributed by atoms with Crippen LogP contribution in [0.15, 0.2) is 12.2 Å². The Bertz CT molecular complexity index is 400. The average molecular weight is 273 g/mol. The van der Waals surface area contributed by atoms with Crippen LogP contribution < -0.4 is 4.72 Å². The molecular weight excluding hydrogens is 250 g/mol. The number of carbonyl (C=O) groups is 1. The Morgan fingerprint density at radius 3 is 2.72 bits per heavy atom. The third-order valence-corrected chi connectivity index (χ3v) is 4.70. The van der Waals surface area contributed by atoms with Crippen molar-refractivity contribution in [2.75, 3.05) is 5.75 Å². The lowest BCUT2D eigenvalue weighted by Gasteiger charge is -2.18. The van der Waals surface area contributed by atoms with Crippen LogP contribution in [0.1, 0.15) is 46.0 Å². The summed E-state index contributed by atoms with van der Waals surface area (Å²) < 4.78 is 25.9. The van der Waals surface area contributed by atoms with Crippen LogP contribution in [0.2, 0.25) is 0 Å². The molecule has 0 spiro atoms. The lowest BCUT2D eigenvalue weighted by atomic mass is 9.94. The number of nitrogens with one attached hydrogen (secondary N) is 1. The summed E-state index contributed by atoms with van der Waals surface area (Å²) >= 11 is 0. The predicted molar refractivity (Wildman–Crippen MR) is 72.5 cm³/mol. The largest absolute Gasteiger partial charge is 0.274 e. The molecule has 1 rings (SSSR count). The third kappa shape index (κ3) is 5.21. The topological polar surface area (TPSA) is 63.2 Å². The highest BCUT2D eigenvalue weighted by atomic mass is 32.2. The minimum Gasteiger partial charge on any atom is -0.274 e. The zero-order valence-corrected chi connectivity index (χ0v) is 12.0. The van der Waals surface area contributed by atoms with E-state index < -0.39 is 10.0 Å². The van der Waals surface area contributed by atoms with Gasteiger partial charge >= 0.3 is 0 Å². The summed E-state index contributed by atoms with van der Waals surface area (Å²) in [6.45, 7) is 3.92. The Hall–Kier alpha value is -0.840. The second-order valence-electron chi connectivity index (χ2n) is 5.12. The summed E-state index contributed by atoms with van der Waals surface area (Å²) in [7, 11) is -3.48. The Morgan fingerprint density at radius 1 is 1.44 bits per heavy atom. The fourth-order valence-electron chi connectivity index (χ4n) is 2.26. The fourth-order valence-corrected chi connectivity index (χ4v) is 3.73. The van der Waals surface area contributed by atoms with Gasteiger partial charge in [-0.05, 0) is 31.6 Å². The first-order chi connectivity index (χ1) is 8.44. The molecule has 1 aliphatic carbocycles. The number of hydrogen-bond acceptors (Lipinski definition) is 3. The first-order valence-electron chi connectivity index (χ1n) is 6.64. The highest BCUT2D eigenvalue weighted by Gasteiger charge is 2.24. The van der Waals surface area contributed by atoms with Gasteiger partial charge in [0.15, 0.2) is 0 Å². The summed E-state index contributed by atoms with van der Waals surface area (Å²) in [5, 5.41) is 0. The van der Waals surface area contributed by atoms with Gasteiger partial charge in [0, 0.05) is 5.92 Å². The maximum absolute atomic E-state index is 11.8. The lowest BCUT2D eigenvalue weighted by molar-refractivity contribution is -0.123. The second-order valence-corrected chi connectivity index (χ2v) is 6.89. The van der Waals surface area contributed by atoms with E-state index in [4.69, 9.17) is 0 Å². The fraction of sp³-hybridized carbons (Fsp3) is 0.769. The third-order valence-electron chi connectivity index (χ3n) is 3.18. The van der Waals surface area contributed by atoms with Gasteiger partial charge in [-0.1, -0.05) is 32.4 Å². The first-order valence-corrected chi connectivity index (χ1v) is 8.29. The Balaban J connectivity index is 2.49. The Morgan fingerprint density at radius 2 is 2.17 bits per heavy atom. The standard InChI is InChI=1S/C13H23NO3S/c1-3-7-11(2)10-18(16,17)14-13(15)12-8-5-4-6-9-12/h4-5,11-12H,3,6-10H2,1-2H3,(H,14,15)/t11-,12+/m0/s1. The molecule has 104 valence electrons. The number of rotatable bonds is 6. The molecule has 2 atom stereocenters. The molecule has 1 aliphatic rings. The van der Waals surface area contributed by atoms with Crippen molar-refractivity contribution in [3.63, 3.8) is 0 Å². The molecule has 0 saturated heterocycles. The molecule has 0 unspecified atom stereocenters. The molecule has 0 radical (unpaired) electrons. The minimum atomic E-state index is -3.48. The van der Waals surface area contributed by atoms with E-state index in [1.165, 1.54) is 0 Å². The van der Waals surface area contributed by atoms with E-state index in [-0.39, 0.29) is 23.5 Å². The van der Waals surface area contributed by atoms with Gasteiger partial charge in [0.2, 0.25) is 15.9 Å². The van der Waals surface area contributed by atoms with E-state index in [9.17, 15) is 13.2 Å². The van der Waals surface area contributed by atoms with Gasteiger partial charge in [-0.15, -0.1) is 0 Å². The SMILES string of the molecule is CCC[C@H](C)CS(=O)(=O)NC(=O)[C@@H]1CC=CCC1. The zero-order valence-electron chi connectivity index (χ0n) is 11.2. The van der Waals surface area contributed by atoms with Crippen LogP contribution in [0.5, 0.6) is 0 Å². The van der Waals surface area contributed by atoms with Crippen LogP contribution in [-0.2, 0) is 14.8 Å². The number of amides is 1. The van der Waals surface area contributed by atoms with Crippen molar-refractivity contribution in [3.8, 4) is 0 Å². The van der Waals surface area contributed by atoms with Crippen molar-refractivity contribution in [2.24, 2.45) is 11.8 Å². The van der Waals surface area contributed by atoms with E-state index >= 15 is 0 Å². The van der Waals surface area contributed by atoms with Gasteiger partial charge in [-0.25, -0.2) is 8.42 Å². The van der Waals surface area contributed by atoms with Gasteiger partial charge in [-0.2, -0.15) is 0 Å². The average Bonchev–Trinajstić information content (AvgIpc) is 2.29. The summed E-state index contributed by atoms with van der Waals surface area (Å²) in [5.41, 5.74) is 0. The summed E-state index contributed by atoms with van der Waals surface area (Å²) in [6.07, 6.45) is 8.03. The van der Waals surface area contributed by atoms with Crippen LogP contribution in [0.3, 0.4) is 0 Å². The molecule has 0 fully saturated rings. The molecule has 0 heterocycles. The van der Waals surface area contributed by atoms with Crippen LogP contribution in [0, 0.1) is 11.8 Å². The van der Waals surface area contributed by atoms with Gasteiger partial charge in [0.05, 0.1) is 5.75 Å². The number of sulfonamides is 1. The first kappa shape index (κ1) is 15.2. The van der Waals surface area contributed by atoms with Crippen molar-refractivity contribution in [2.45, 2.75) is 46.0 Å². The van der Waals surface area contributed by atoms with Crippen molar-refractivity contribution < 1.29 is 13.2 Å². The molecule has 0 aromatic rings. The van der Waals surface area contributed by atoms with Gasteiger partial charge in [-0.3, -0.25) is 9.52 Å². The number of allylic oxidation sites excluding steroid dienone is 2. The number of hydrogen-bond donors (Lipinski definition) is 1. The van der Waals surface area contributed by atoms with Crippen LogP contribution in [-0.4, -0.2) is 20.1 Å². The minimum absolute atomic E-state index is 0.0368. The molecule has 0 aliphatic heterocycles. The maximum atomic E-state index is 11.8. The monoisotopic (exact) mass is 273 g/mol. The summed E-state index contributed by atoms with van der Waals surface area (Å²) in [5.74, 6) is -0.407. The molecule has 1 amide bonds. The van der Waals surface area contributed by atoms with E-state index in [2.05, 4.69) is 4.72 Å². The van der Waals surface area contributed by atoms with Crippen molar-refractivity contribution in [1.82, 2.24) is 4.72 Å². The van der Waals surface area contributed by atoms with Crippen molar-refractivity contribution in [3.05, 3.63) is 12.2 Å². The van der Waals surface area contributed by atoms with E-state index in [1.807, 2.05) is 26.0 Å². The van der Waals surface area contributed by atoms with Crippen molar-refractivity contribution >= 4 is 15.9 Å². The van der Waals surface area contributed by atoms with Gasteiger partial charge in [0.25, 0.3) is 0 Å². The second kappa shape index (κ2) is 6.92. The molecule has 0 saturated carbocycles. The van der Waals surface area contributed by atoms with Gasteiger partial charge < -0.3 is 0 Å². The highest BCUT2D eigenvalue weighted by Crippen LogP contribution is 2.18. The molecule has 0 aromatic carbocycles. The quantitative estimate of drug-likeness (QED) is 0.755. The number of carbonyl (C=O) groups excluding carboxylic acids is 1. The van der Waals surface area contributed by atoms with E-state index in [0.717, 1.165) is 25.7 Å². The molecule has 0 aromatic heterocycles. The lowest BCUT2D eigenvalue weighted by Crippen LogP contribution is -2.38. The van der Waals surface area contributed by atoms with Gasteiger partial charge in [0.1, 0.15) is 0 Å². The Labute approximate surface area is 110 Å². The van der Waals surface area contributed by atoms with E-state index in [1.54, 1.807) is 0 Å². The molecule has 1 N–H and O–H groups in total. The molecule has 5 heteroatoms. The molecule has 0 bridgehead atoms. The summed E-state index contributed by atoms with van der Waals surface area (Å²) in [4.78, 5) is 11.8. The smallest absolute Gasteiger partial charge is 0.236 e. The molecular formula is C13H23NO3S. The molecule has 4 nitrogen and oxygen atoms in total. The van der Waals surface area contributed by atoms with E-state index in [0.29, 0.717) is 6.42 Å². The zero-order chi connectivity index (χ0) is 13.6. The van der Waals surface area contributed by atoms with Crippen molar-refractivity contribution in [1.29, 1.82) is 0 Å². The highest BCUT2D eigenvalue weighted by molar-refractivity contribution is 7.90. The Kier molecular flexibility index (Phi) is 5.85.